The van der Waals surface area contributed by atoms with E-state index in [1.165, 1.54) is 11.6 Å². The number of benzene rings is 1. The second-order valence-electron chi connectivity index (χ2n) is 10.0. The van der Waals surface area contributed by atoms with Crippen molar-refractivity contribution in [2.24, 2.45) is 0 Å². The maximum atomic E-state index is 12.4. The smallest absolute Gasteiger partial charge is 0.318 e. The highest BCUT2D eigenvalue weighted by Crippen LogP contribution is 2.36. The maximum absolute atomic E-state index is 12.4. The lowest BCUT2D eigenvalue weighted by atomic mass is 10.0. The molecule has 2 aromatic heterocycles. The Morgan fingerprint density at radius 2 is 2.16 bits per heavy atom. The molecule has 198 valence electrons. The summed E-state index contributed by atoms with van der Waals surface area (Å²) in [5.74, 6) is 0.703. The van der Waals surface area contributed by atoms with Gasteiger partial charge in [-0.25, -0.2) is 0 Å². The molecule has 4 heterocycles. The minimum Gasteiger partial charge on any atom is -0.460 e. The molecule has 5 rings (SSSR count). The van der Waals surface area contributed by atoms with Gasteiger partial charge in [0.05, 0.1) is 54.3 Å². The van der Waals surface area contributed by atoms with E-state index in [0.717, 1.165) is 53.1 Å². The molecule has 0 bridgehead atoms. The van der Waals surface area contributed by atoms with E-state index in [0.29, 0.717) is 32.2 Å². The zero-order valence-electron chi connectivity index (χ0n) is 22.3. The van der Waals surface area contributed by atoms with E-state index in [9.17, 15) is 10.1 Å². The quantitative estimate of drug-likeness (QED) is 0.477. The highest BCUT2D eigenvalue weighted by Gasteiger charge is 2.33. The van der Waals surface area contributed by atoms with E-state index >= 15 is 0 Å². The Hall–Kier alpha value is -4.13. The van der Waals surface area contributed by atoms with Gasteiger partial charge in [0.1, 0.15) is 5.82 Å². The van der Waals surface area contributed by atoms with Crippen LogP contribution < -0.4 is 14.5 Å². The number of carbonyl (C=O) groups is 1. The number of aromatic amines is 1. The molecule has 1 N–H and O–H groups in total. The first-order valence-corrected chi connectivity index (χ1v) is 13.2. The predicted molar refractivity (Wildman–Crippen MR) is 146 cm³/mol. The molecule has 10 nitrogen and oxygen atoms in total. The van der Waals surface area contributed by atoms with Gasteiger partial charge in [-0.1, -0.05) is 19.6 Å². The number of rotatable bonds is 7. The Bertz CT molecular complexity index is 1390. The van der Waals surface area contributed by atoms with Crippen molar-refractivity contribution in [1.29, 1.82) is 5.26 Å². The van der Waals surface area contributed by atoms with Gasteiger partial charge in [-0.05, 0) is 44.4 Å². The third kappa shape index (κ3) is 4.76. The Labute approximate surface area is 222 Å². The summed E-state index contributed by atoms with van der Waals surface area (Å²) in [5, 5.41) is 17.9. The molecule has 0 spiro atoms. The van der Waals surface area contributed by atoms with Gasteiger partial charge in [-0.15, -0.1) is 0 Å². The van der Waals surface area contributed by atoms with Crippen LogP contribution in [0, 0.1) is 18.3 Å². The molecule has 1 aromatic carbocycles. The molecule has 10 heteroatoms. The van der Waals surface area contributed by atoms with E-state index in [-0.39, 0.29) is 24.5 Å². The minimum atomic E-state index is -0.231. The van der Waals surface area contributed by atoms with Gasteiger partial charge in [-0.3, -0.25) is 9.89 Å². The molecule has 0 saturated carbocycles. The maximum Gasteiger partial charge on any atom is 0.318 e. The number of nitrogens with one attached hydrogen (secondary N) is 1. The van der Waals surface area contributed by atoms with E-state index in [2.05, 4.69) is 58.6 Å². The first-order valence-electron chi connectivity index (χ1n) is 13.2. The second-order valence-corrected chi connectivity index (χ2v) is 10.0. The van der Waals surface area contributed by atoms with Gasteiger partial charge in [0.15, 0.2) is 0 Å². The number of carbonyl (C=O) groups excluding carboxylic acids is 1. The van der Waals surface area contributed by atoms with Crippen molar-refractivity contribution in [3.63, 3.8) is 0 Å². The SMILES string of the molecule is C=CC(=O)N1CCN(c2nc(O[C@H](C)CC)nc3c2CCN(c2c(C)ccc4[nH]ncc24)C3)CC1CC#N. The van der Waals surface area contributed by atoms with Crippen molar-refractivity contribution in [3.8, 4) is 12.1 Å². The summed E-state index contributed by atoms with van der Waals surface area (Å²) in [4.78, 5) is 28.5. The standard InChI is InChI=1S/C28H34N8O2/c1-5-19(4)38-28-31-24-17-34(26-18(3)7-8-23-22(26)15-30-33-23)12-10-21(24)27(32-28)35-13-14-36(25(37)6-2)20(16-35)9-11-29/h6-8,15,19-20H,2,5,9-10,12-14,16-17H2,1,3-4H3,(H,30,33)/t19-,20?/m1/s1. The first kappa shape index (κ1) is 25.5. The number of aryl methyl sites for hydroxylation is 1. The summed E-state index contributed by atoms with van der Waals surface area (Å²) in [6.45, 7) is 12.9. The number of aromatic nitrogens is 4. The molecule has 38 heavy (non-hydrogen) atoms. The Kier molecular flexibility index (Phi) is 7.18. The van der Waals surface area contributed by atoms with Crippen LogP contribution in [-0.4, -0.2) is 69.3 Å². The van der Waals surface area contributed by atoms with Gasteiger partial charge in [-0.2, -0.15) is 20.3 Å². The molecule has 1 amide bonds. The number of piperazine rings is 1. The van der Waals surface area contributed by atoms with Crippen LogP contribution in [0.4, 0.5) is 11.5 Å². The fraction of sp³-hybridized carbons (Fsp3) is 0.464. The molecule has 2 atom stereocenters. The molecular weight excluding hydrogens is 480 g/mol. The fourth-order valence-corrected chi connectivity index (χ4v) is 5.42. The fourth-order valence-electron chi connectivity index (χ4n) is 5.42. The molecule has 3 aromatic rings. The van der Waals surface area contributed by atoms with Crippen molar-refractivity contribution in [2.45, 2.75) is 58.7 Å². The van der Waals surface area contributed by atoms with Crippen LogP contribution in [0.5, 0.6) is 6.01 Å². The third-order valence-corrected chi connectivity index (χ3v) is 7.58. The lowest BCUT2D eigenvalue weighted by Crippen LogP contribution is -2.55. The number of nitrogens with zero attached hydrogens (tertiary/aromatic N) is 7. The van der Waals surface area contributed by atoms with Crippen LogP contribution in [0.3, 0.4) is 0 Å². The topological polar surface area (TPSA) is 114 Å². The van der Waals surface area contributed by atoms with Crippen LogP contribution in [0.1, 0.15) is 43.5 Å². The number of anilines is 2. The average molecular weight is 515 g/mol. The zero-order chi connectivity index (χ0) is 26.8. The number of nitriles is 1. The predicted octanol–water partition coefficient (Wildman–Crippen LogP) is 3.52. The van der Waals surface area contributed by atoms with E-state index < -0.39 is 0 Å². The summed E-state index contributed by atoms with van der Waals surface area (Å²) in [7, 11) is 0. The van der Waals surface area contributed by atoms with Crippen LogP contribution in [0.15, 0.2) is 31.0 Å². The molecule has 1 unspecified atom stereocenters. The largest absolute Gasteiger partial charge is 0.460 e. The summed E-state index contributed by atoms with van der Waals surface area (Å²) < 4.78 is 6.12. The van der Waals surface area contributed by atoms with E-state index in [1.54, 1.807) is 4.90 Å². The second kappa shape index (κ2) is 10.7. The van der Waals surface area contributed by atoms with Gasteiger partial charge < -0.3 is 19.4 Å². The number of hydrogen-bond donors (Lipinski definition) is 1. The average Bonchev–Trinajstić information content (AvgIpc) is 3.40. The lowest BCUT2D eigenvalue weighted by Gasteiger charge is -2.42. The molecule has 1 saturated heterocycles. The van der Waals surface area contributed by atoms with Gasteiger partial charge >= 0.3 is 6.01 Å². The molecule has 2 aliphatic rings. The number of H-pyrrole nitrogens is 1. The van der Waals surface area contributed by atoms with E-state index in [4.69, 9.17) is 14.7 Å². The first-order chi connectivity index (χ1) is 18.4. The zero-order valence-corrected chi connectivity index (χ0v) is 22.3. The summed E-state index contributed by atoms with van der Waals surface area (Å²) in [6.07, 6.45) is 5.06. The van der Waals surface area contributed by atoms with Gasteiger partial charge in [0.25, 0.3) is 0 Å². The molecule has 0 aliphatic carbocycles. The number of amides is 1. The van der Waals surface area contributed by atoms with Crippen LogP contribution in [0.25, 0.3) is 10.9 Å². The van der Waals surface area contributed by atoms with Gasteiger partial charge in [0.2, 0.25) is 5.91 Å². The monoisotopic (exact) mass is 514 g/mol. The van der Waals surface area contributed by atoms with Crippen molar-refractivity contribution >= 4 is 28.3 Å². The Balaban J connectivity index is 1.51. The van der Waals surface area contributed by atoms with Crippen LogP contribution in [0.2, 0.25) is 0 Å². The molecular formula is C28H34N8O2. The van der Waals surface area contributed by atoms with Crippen molar-refractivity contribution < 1.29 is 9.53 Å². The summed E-state index contributed by atoms with van der Waals surface area (Å²) >= 11 is 0. The summed E-state index contributed by atoms with van der Waals surface area (Å²) in [5.41, 5.74) is 5.41. The highest BCUT2D eigenvalue weighted by molar-refractivity contribution is 5.93. The lowest BCUT2D eigenvalue weighted by molar-refractivity contribution is -0.128. The highest BCUT2D eigenvalue weighted by atomic mass is 16.5. The normalized spacial score (nSPS) is 18.2. The van der Waals surface area contributed by atoms with Gasteiger partial charge in [0, 0.05) is 37.1 Å². The van der Waals surface area contributed by atoms with Crippen LogP contribution >= 0.6 is 0 Å². The van der Waals surface area contributed by atoms with Crippen molar-refractivity contribution in [3.05, 3.63) is 47.8 Å². The van der Waals surface area contributed by atoms with Crippen LogP contribution in [-0.2, 0) is 17.8 Å². The minimum absolute atomic E-state index is 0.0177. The molecule has 2 aliphatic heterocycles. The van der Waals surface area contributed by atoms with E-state index in [1.807, 2.05) is 13.1 Å². The van der Waals surface area contributed by atoms with Crippen molar-refractivity contribution in [1.82, 2.24) is 25.1 Å². The molecule has 1 fully saturated rings. The Morgan fingerprint density at radius 3 is 2.92 bits per heavy atom. The Morgan fingerprint density at radius 1 is 1.32 bits per heavy atom. The number of hydrogen-bond acceptors (Lipinski definition) is 8. The summed E-state index contributed by atoms with van der Waals surface area (Å²) in [6, 6.07) is 6.56. The molecule has 0 radical (unpaired) electrons. The van der Waals surface area contributed by atoms with Crippen molar-refractivity contribution in [2.75, 3.05) is 36.0 Å². The number of fused-ring (bicyclic) bond motifs is 2. The number of ether oxygens (including phenoxy) is 1. The third-order valence-electron chi connectivity index (χ3n) is 7.58.